The van der Waals surface area contributed by atoms with Crippen LogP contribution in [0.3, 0.4) is 0 Å². The average molecular weight is 703 g/mol. The molecule has 2 N–H and O–H groups in total. The molecule has 0 spiro atoms. The van der Waals surface area contributed by atoms with E-state index in [0.717, 1.165) is 44.0 Å². The van der Waals surface area contributed by atoms with Crippen LogP contribution in [0.15, 0.2) is 46.6 Å². The van der Waals surface area contributed by atoms with Crippen molar-refractivity contribution in [3.05, 3.63) is 74.7 Å². The molecule has 1 aliphatic carbocycles. The highest BCUT2D eigenvalue weighted by atomic mass is 19.1. The molecule has 2 saturated heterocycles. The van der Waals surface area contributed by atoms with Gasteiger partial charge in [0, 0.05) is 62.6 Å². The van der Waals surface area contributed by atoms with E-state index < -0.39 is 23.0 Å². The van der Waals surface area contributed by atoms with Gasteiger partial charge < -0.3 is 29.0 Å². The first kappa shape index (κ1) is 32.8. The topological polar surface area (TPSA) is 160 Å². The zero-order valence-corrected chi connectivity index (χ0v) is 27.8. The van der Waals surface area contributed by atoms with E-state index in [0.29, 0.717) is 50.2 Å². The number of aromatic carboxylic acids is 1. The van der Waals surface area contributed by atoms with Gasteiger partial charge in [-0.3, -0.25) is 14.4 Å². The van der Waals surface area contributed by atoms with Crippen LogP contribution in [0.25, 0.3) is 21.8 Å². The Kier molecular flexibility index (Phi) is 8.20. The van der Waals surface area contributed by atoms with E-state index in [1.807, 2.05) is 11.1 Å². The summed E-state index contributed by atoms with van der Waals surface area (Å²) in [6.45, 7) is 3.35. The normalized spacial score (nSPS) is 19.2. The number of nitrogens with zero attached hydrogens (tertiary/aromatic N) is 8. The van der Waals surface area contributed by atoms with E-state index in [1.54, 1.807) is 9.25 Å². The lowest BCUT2D eigenvalue weighted by Gasteiger charge is -2.36. The summed E-state index contributed by atoms with van der Waals surface area (Å²) in [7, 11) is 1.45. The highest BCUT2D eigenvalue weighted by Crippen LogP contribution is 2.46. The molecule has 2 aliphatic heterocycles. The van der Waals surface area contributed by atoms with Crippen molar-refractivity contribution in [2.75, 3.05) is 31.6 Å². The monoisotopic (exact) mass is 702 g/mol. The number of carboxylic acid groups (broad SMARTS) is 1. The molecular formula is C35H36F2N8O6. The number of ether oxygens (including phenoxy) is 1. The average Bonchev–Trinajstić information content (AvgIpc) is 3.60. The maximum atomic E-state index is 16.0. The molecule has 3 aromatic heterocycles. The molecule has 1 saturated carbocycles. The number of hydrogen-bond acceptors (Lipinski definition) is 10. The molecule has 0 radical (unpaired) electrons. The van der Waals surface area contributed by atoms with Gasteiger partial charge in [-0.1, -0.05) is 5.21 Å². The number of rotatable bonds is 11. The quantitative estimate of drug-likeness (QED) is 0.176. The van der Waals surface area contributed by atoms with E-state index in [4.69, 9.17) is 4.74 Å². The van der Waals surface area contributed by atoms with Crippen LogP contribution in [0.2, 0.25) is 0 Å². The fourth-order valence-corrected chi connectivity index (χ4v) is 8.11. The predicted octanol–water partition coefficient (Wildman–Crippen LogP) is 5.16. The second-order valence-corrected chi connectivity index (χ2v) is 13.7. The highest BCUT2D eigenvalue weighted by molar-refractivity contribution is 5.97. The van der Waals surface area contributed by atoms with Crippen LogP contribution in [-0.4, -0.2) is 78.0 Å². The lowest BCUT2D eigenvalue weighted by molar-refractivity contribution is 0.0694. The largest absolute Gasteiger partial charge is 0.493 e. The van der Waals surface area contributed by atoms with Crippen molar-refractivity contribution < 1.29 is 28.5 Å². The maximum Gasteiger partial charge on any atom is 0.341 e. The first-order valence-corrected chi connectivity index (χ1v) is 17.1. The molecule has 2 aromatic carbocycles. The summed E-state index contributed by atoms with van der Waals surface area (Å²) in [5.41, 5.74) is 0.690. The van der Waals surface area contributed by atoms with Crippen LogP contribution in [0, 0.1) is 22.5 Å². The van der Waals surface area contributed by atoms with Gasteiger partial charge in [0.05, 0.1) is 29.2 Å². The van der Waals surface area contributed by atoms with Crippen molar-refractivity contribution in [3.8, 4) is 11.6 Å². The molecule has 8 rings (SSSR count). The number of benzene rings is 2. The molecule has 266 valence electrons. The minimum atomic E-state index is -1.35. The van der Waals surface area contributed by atoms with Crippen molar-refractivity contribution in [2.45, 2.75) is 63.8 Å². The fourth-order valence-electron chi connectivity index (χ4n) is 8.11. The summed E-state index contributed by atoms with van der Waals surface area (Å²) in [4.78, 5) is 40.7. The van der Waals surface area contributed by atoms with Crippen LogP contribution in [0.4, 0.5) is 20.2 Å². The second kappa shape index (κ2) is 12.7. The molecule has 0 unspecified atom stereocenters. The SMILES string of the molecule is COc1c(N2C[C@H]3CCCN(Cc4cn(CCCn5c(O)c(N=O)c6cc(F)ccc65)nn4)[C@H]3C2)c(F)cc2c(=O)c(C(=O)O)cn(C3CC3)c12. The van der Waals surface area contributed by atoms with Crippen LogP contribution >= 0.6 is 0 Å². The number of carboxylic acids is 1. The predicted molar refractivity (Wildman–Crippen MR) is 183 cm³/mol. The number of nitroso groups, excluding NO2 is 1. The minimum Gasteiger partial charge on any atom is -0.493 e. The van der Waals surface area contributed by atoms with E-state index in [2.05, 4.69) is 20.4 Å². The molecular weight excluding hydrogens is 666 g/mol. The summed E-state index contributed by atoms with van der Waals surface area (Å²) < 4.78 is 40.7. The van der Waals surface area contributed by atoms with Crippen molar-refractivity contribution in [2.24, 2.45) is 11.1 Å². The Balaban J connectivity index is 0.989. The number of fused-ring (bicyclic) bond motifs is 3. The lowest BCUT2D eigenvalue weighted by atomic mass is 9.92. The summed E-state index contributed by atoms with van der Waals surface area (Å²) in [6, 6.07) is 5.25. The van der Waals surface area contributed by atoms with Crippen molar-refractivity contribution in [3.63, 3.8) is 0 Å². The second-order valence-electron chi connectivity index (χ2n) is 13.7. The Morgan fingerprint density at radius 2 is 1.92 bits per heavy atom. The molecule has 16 heteroatoms. The van der Waals surface area contributed by atoms with Crippen LogP contribution < -0.4 is 15.1 Å². The summed E-state index contributed by atoms with van der Waals surface area (Å²) in [6.07, 6.45) is 7.40. The Labute approximate surface area is 289 Å². The third kappa shape index (κ3) is 5.66. The zero-order valence-electron chi connectivity index (χ0n) is 27.8. The van der Waals surface area contributed by atoms with Gasteiger partial charge in [-0.2, -0.15) is 0 Å². The first-order valence-electron chi connectivity index (χ1n) is 17.1. The Morgan fingerprint density at radius 1 is 1.10 bits per heavy atom. The number of piperidine rings is 1. The lowest BCUT2D eigenvalue weighted by Crippen LogP contribution is -2.44. The van der Waals surface area contributed by atoms with Gasteiger partial charge in [0.2, 0.25) is 11.3 Å². The smallest absolute Gasteiger partial charge is 0.341 e. The van der Waals surface area contributed by atoms with E-state index >= 15 is 4.39 Å². The van der Waals surface area contributed by atoms with E-state index in [-0.39, 0.29) is 57.3 Å². The van der Waals surface area contributed by atoms with Crippen LogP contribution in [0.5, 0.6) is 11.6 Å². The molecule has 3 aliphatic rings. The number of carbonyl (C=O) groups is 1. The number of likely N-dealkylation sites (tertiary alicyclic amines) is 1. The van der Waals surface area contributed by atoms with Gasteiger partial charge in [0.25, 0.3) is 0 Å². The third-order valence-electron chi connectivity index (χ3n) is 10.6. The van der Waals surface area contributed by atoms with Gasteiger partial charge in [-0.25, -0.2) is 13.6 Å². The van der Waals surface area contributed by atoms with Crippen LogP contribution in [-0.2, 0) is 19.6 Å². The summed E-state index contributed by atoms with van der Waals surface area (Å²) >= 11 is 0. The summed E-state index contributed by atoms with van der Waals surface area (Å²) in [5.74, 6) is -2.30. The number of anilines is 1. The maximum absolute atomic E-state index is 16.0. The Hall–Kier alpha value is -5.38. The number of hydrogen-bond donors (Lipinski definition) is 2. The Bertz CT molecular complexity index is 2260. The van der Waals surface area contributed by atoms with E-state index in [1.165, 1.54) is 36.1 Å². The summed E-state index contributed by atoms with van der Waals surface area (Å²) in [5, 5.41) is 32.1. The van der Waals surface area contributed by atoms with Gasteiger partial charge in [0.15, 0.2) is 17.3 Å². The first-order chi connectivity index (χ1) is 24.7. The molecule has 51 heavy (non-hydrogen) atoms. The molecule has 0 amide bonds. The number of methoxy groups -OCH3 is 1. The number of aryl methyl sites for hydroxylation is 2. The molecule has 5 heterocycles. The molecule has 2 atom stereocenters. The fraction of sp³-hybridized carbons (Fsp3) is 0.429. The highest BCUT2D eigenvalue weighted by Gasteiger charge is 2.41. The number of halogens is 2. The number of aromatic nitrogens is 5. The van der Waals surface area contributed by atoms with Crippen LogP contribution in [0.1, 0.15) is 54.2 Å². The van der Waals surface area contributed by atoms with Gasteiger partial charge >= 0.3 is 5.97 Å². The van der Waals surface area contributed by atoms with Crippen molar-refractivity contribution >= 4 is 39.1 Å². The standard InChI is InChI=1S/C35H36F2N8O6/c1-51-33-30-24(32(46)25(35(48)49)17-45(30)22-6-7-22)13-26(37)31(33)42-14-19-4-2-9-41(28(19)18-42)15-21-16-43(40-38-21)10-3-11-44-27-8-5-20(36)12-23(27)29(39-50)34(44)47/h5,8,12-13,16-17,19,22,28,47H,2-4,6-7,9-11,14-15,18H2,1H3,(H,48,49)/t19-,28+/m1/s1. The third-order valence-corrected chi connectivity index (χ3v) is 10.6. The van der Waals surface area contributed by atoms with Gasteiger partial charge in [-0.15, -0.1) is 10.0 Å². The molecule has 0 bridgehead atoms. The van der Waals surface area contributed by atoms with Crippen molar-refractivity contribution in [1.29, 1.82) is 0 Å². The Morgan fingerprint density at radius 3 is 2.67 bits per heavy atom. The van der Waals surface area contributed by atoms with E-state index in [9.17, 15) is 29.1 Å². The minimum absolute atomic E-state index is 0.00199. The molecule has 5 aromatic rings. The number of pyridine rings is 1. The molecule has 3 fully saturated rings. The number of aromatic hydroxyl groups is 1. The zero-order chi connectivity index (χ0) is 35.6. The van der Waals surface area contributed by atoms with Gasteiger partial charge in [0.1, 0.15) is 17.1 Å². The molecule has 14 nitrogen and oxygen atoms in total. The van der Waals surface area contributed by atoms with Gasteiger partial charge in [-0.05, 0) is 74.0 Å². The van der Waals surface area contributed by atoms with Crippen molar-refractivity contribution in [1.82, 2.24) is 29.0 Å².